The number of alkyl halides is 1. The second kappa shape index (κ2) is 4.33. The van der Waals surface area contributed by atoms with Gasteiger partial charge in [-0.1, -0.05) is 24.3 Å². The van der Waals surface area contributed by atoms with Crippen LogP contribution >= 0.6 is 11.6 Å². The van der Waals surface area contributed by atoms with E-state index in [0.717, 1.165) is 5.92 Å². The van der Waals surface area contributed by atoms with E-state index in [1.54, 1.807) is 0 Å². The minimum absolute atomic E-state index is 0.616. The molecule has 1 nitrogen and oxygen atoms in total. The molecule has 0 bridgehead atoms. The molecule has 76 valence electrons. The number of likely N-dealkylation sites (N-methyl/N-ethyl adjacent to an activating group) is 1. The van der Waals surface area contributed by atoms with Crippen LogP contribution in [0, 0.1) is 0 Å². The van der Waals surface area contributed by atoms with Crippen molar-refractivity contribution < 1.29 is 0 Å². The summed E-state index contributed by atoms with van der Waals surface area (Å²) in [4.78, 5) is 2.39. The Bertz CT molecular complexity index is 294. The van der Waals surface area contributed by atoms with Crippen molar-refractivity contribution in [3.63, 3.8) is 0 Å². The zero-order valence-corrected chi connectivity index (χ0v) is 9.30. The van der Waals surface area contributed by atoms with E-state index < -0.39 is 0 Å². The molecule has 0 amide bonds. The lowest BCUT2D eigenvalue weighted by Gasteiger charge is -2.10. The highest BCUT2D eigenvalue weighted by atomic mass is 35.5. The monoisotopic (exact) mass is 209 g/mol. The Hall–Kier alpha value is -0.530. The van der Waals surface area contributed by atoms with Gasteiger partial charge in [-0.15, -0.1) is 11.6 Å². The van der Waals surface area contributed by atoms with Crippen molar-refractivity contribution in [2.24, 2.45) is 0 Å². The molecule has 0 N–H and O–H groups in total. The molecule has 1 atom stereocenters. The molecule has 0 spiro atoms. The van der Waals surface area contributed by atoms with Gasteiger partial charge in [0, 0.05) is 12.4 Å². The van der Waals surface area contributed by atoms with Crippen LogP contribution in [0.1, 0.15) is 23.5 Å². The number of halogens is 1. The first-order valence-corrected chi connectivity index (χ1v) is 5.66. The maximum absolute atomic E-state index is 5.75. The summed E-state index contributed by atoms with van der Waals surface area (Å²) in [6.45, 7) is 2.42. The van der Waals surface area contributed by atoms with Gasteiger partial charge in [-0.3, -0.25) is 0 Å². The fraction of sp³-hybridized carbons (Fsp3) is 0.500. The lowest BCUT2D eigenvalue weighted by molar-refractivity contribution is 0.411. The van der Waals surface area contributed by atoms with Gasteiger partial charge < -0.3 is 4.90 Å². The van der Waals surface area contributed by atoms with Crippen LogP contribution in [0.4, 0.5) is 0 Å². The lowest BCUT2D eigenvalue weighted by atomic mass is 9.98. The second-order valence-electron chi connectivity index (χ2n) is 4.12. The van der Waals surface area contributed by atoms with E-state index in [1.807, 2.05) is 0 Å². The van der Waals surface area contributed by atoms with Gasteiger partial charge in [0.1, 0.15) is 0 Å². The lowest BCUT2D eigenvalue weighted by Crippen LogP contribution is -2.13. The molecule has 2 heteroatoms. The SMILES string of the molecule is CN1CCC(c2ccc(CCl)cc2)C1. The van der Waals surface area contributed by atoms with Crippen molar-refractivity contribution in [3.05, 3.63) is 35.4 Å². The molecule has 1 heterocycles. The summed E-state index contributed by atoms with van der Waals surface area (Å²) in [7, 11) is 2.19. The van der Waals surface area contributed by atoms with E-state index in [1.165, 1.54) is 30.6 Å². The summed E-state index contributed by atoms with van der Waals surface area (Å²) in [6, 6.07) is 8.73. The summed E-state index contributed by atoms with van der Waals surface area (Å²) in [5.41, 5.74) is 2.67. The van der Waals surface area contributed by atoms with Crippen molar-refractivity contribution in [1.82, 2.24) is 4.90 Å². The normalized spacial score (nSPS) is 22.9. The van der Waals surface area contributed by atoms with Gasteiger partial charge in [-0.25, -0.2) is 0 Å². The van der Waals surface area contributed by atoms with Gasteiger partial charge in [-0.2, -0.15) is 0 Å². The molecule has 14 heavy (non-hydrogen) atoms. The maximum Gasteiger partial charge on any atom is 0.0474 e. The molecule has 1 unspecified atom stereocenters. The Kier molecular flexibility index (Phi) is 3.09. The largest absolute Gasteiger partial charge is 0.306 e. The van der Waals surface area contributed by atoms with Gasteiger partial charge in [-0.05, 0) is 37.1 Å². The quantitative estimate of drug-likeness (QED) is 0.678. The minimum Gasteiger partial charge on any atom is -0.306 e. The van der Waals surface area contributed by atoms with E-state index in [2.05, 4.69) is 36.2 Å². The van der Waals surface area contributed by atoms with E-state index in [0.29, 0.717) is 5.88 Å². The first kappa shape index (κ1) is 10.0. The molecule has 1 aromatic rings. The number of nitrogens with zero attached hydrogens (tertiary/aromatic N) is 1. The summed E-state index contributed by atoms with van der Waals surface area (Å²) in [5.74, 6) is 1.34. The van der Waals surface area contributed by atoms with Crippen LogP contribution in [0.5, 0.6) is 0 Å². The number of rotatable bonds is 2. The first-order chi connectivity index (χ1) is 6.79. The molecule has 1 saturated heterocycles. The molecule has 1 aromatic carbocycles. The van der Waals surface area contributed by atoms with Crippen LogP contribution in [0.15, 0.2) is 24.3 Å². The zero-order valence-electron chi connectivity index (χ0n) is 8.54. The van der Waals surface area contributed by atoms with Gasteiger partial charge in [0.2, 0.25) is 0 Å². The van der Waals surface area contributed by atoms with E-state index in [4.69, 9.17) is 11.6 Å². The van der Waals surface area contributed by atoms with E-state index >= 15 is 0 Å². The number of hydrogen-bond acceptors (Lipinski definition) is 1. The standard InChI is InChI=1S/C12H16ClN/c1-14-7-6-12(9-14)11-4-2-10(8-13)3-5-11/h2-5,12H,6-9H2,1H3. The topological polar surface area (TPSA) is 3.24 Å². The second-order valence-corrected chi connectivity index (χ2v) is 4.39. The number of benzene rings is 1. The fourth-order valence-electron chi connectivity index (χ4n) is 2.09. The summed E-state index contributed by atoms with van der Waals surface area (Å²) in [6.07, 6.45) is 1.29. The Balaban J connectivity index is 2.09. The molecule has 1 aliphatic rings. The van der Waals surface area contributed by atoms with E-state index in [-0.39, 0.29) is 0 Å². The summed E-state index contributed by atoms with van der Waals surface area (Å²) < 4.78 is 0. The highest BCUT2D eigenvalue weighted by molar-refractivity contribution is 6.17. The fourth-order valence-corrected chi connectivity index (χ4v) is 2.26. The van der Waals surface area contributed by atoms with Gasteiger partial charge in [0.05, 0.1) is 0 Å². The number of hydrogen-bond donors (Lipinski definition) is 0. The summed E-state index contributed by atoms with van der Waals surface area (Å²) in [5, 5.41) is 0. The Morgan fingerprint density at radius 1 is 1.36 bits per heavy atom. The van der Waals surface area contributed by atoms with Crippen molar-refractivity contribution in [3.8, 4) is 0 Å². The average Bonchev–Trinajstić information content (AvgIpc) is 2.65. The highest BCUT2D eigenvalue weighted by Gasteiger charge is 2.20. The molecule has 0 aromatic heterocycles. The van der Waals surface area contributed by atoms with Crippen molar-refractivity contribution in [2.75, 3.05) is 20.1 Å². The molecule has 1 fully saturated rings. The Morgan fingerprint density at radius 3 is 2.57 bits per heavy atom. The van der Waals surface area contributed by atoms with Crippen LogP contribution in [0.3, 0.4) is 0 Å². The van der Waals surface area contributed by atoms with E-state index in [9.17, 15) is 0 Å². The van der Waals surface area contributed by atoms with Crippen LogP contribution < -0.4 is 0 Å². The predicted octanol–water partition coefficient (Wildman–Crippen LogP) is 2.84. The smallest absolute Gasteiger partial charge is 0.0474 e. The molecule has 0 radical (unpaired) electrons. The van der Waals surface area contributed by atoms with Crippen LogP contribution in [-0.2, 0) is 5.88 Å². The Labute approximate surface area is 90.7 Å². The van der Waals surface area contributed by atoms with Crippen LogP contribution in [0.25, 0.3) is 0 Å². The maximum atomic E-state index is 5.75. The molecule has 0 saturated carbocycles. The highest BCUT2D eigenvalue weighted by Crippen LogP contribution is 2.26. The van der Waals surface area contributed by atoms with Crippen molar-refractivity contribution in [2.45, 2.75) is 18.2 Å². The van der Waals surface area contributed by atoms with Crippen LogP contribution in [0.2, 0.25) is 0 Å². The molecular formula is C12H16ClN. The third kappa shape index (κ3) is 2.10. The third-order valence-electron chi connectivity index (χ3n) is 3.00. The summed E-state index contributed by atoms with van der Waals surface area (Å²) >= 11 is 5.75. The van der Waals surface area contributed by atoms with Gasteiger partial charge in [0.25, 0.3) is 0 Å². The minimum atomic E-state index is 0.616. The van der Waals surface area contributed by atoms with Crippen molar-refractivity contribution >= 4 is 11.6 Å². The molecule has 0 aliphatic carbocycles. The van der Waals surface area contributed by atoms with Crippen molar-refractivity contribution in [1.29, 1.82) is 0 Å². The Morgan fingerprint density at radius 2 is 2.07 bits per heavy atom. The first-order valence-electron chi connectivity index (χ1n) is 5.13. The average molecular weight is 210 g/mol. The molecular weight excluding hydrogens is 194 g/mol. The zero-order chi connectivity index (χ0) is 9.97. The predicted molar refractivity (Wildman–Crippen MR) is 60.9 cm³/mol. The van der Waals surface area contributed by atoms with Gasteiger partial charge >= 0.3 is 0 Å². The van der Waals surface area contributed by atoms with Crippen LogP contribution in [-0.4, -0.2) is 25.0 Å². The van der Waals surface area contributed by atoms with Gasteiger partial charge in [0.15, 0.2) is 0 Å². The number of likely N-dealkylation sites (tertiary alicyclic amines) is 1. The molecule has 1 aliphatic heterocycles. The molecule has 2 rings (SSSR count). The third-order valence-corrected chi connectivity index (χ3v) is 3.31.